The van der Waals surface area contributed by atoms with E-state index in [1.165, 1.54) is 0 Å². The van der Waals surface area contributed by atoms with Crippen molar-refractivity contribution in [2.45, 2.75) is 58.4 Å². The maximum Gasteiger partial charge on any atom is 0.245 e. The fraction of sp³-hybridized carbons (Fsp3) is 0.708. The van der Waals surface area contributed by atoms with Crippen LogP contribution in [0.2, 0.25) is 0 Å². The molecular weight excluding hydrogens is 452 g/mol. The standard InChI is InChI=1S/C24H38N6O5/c1-3-5-6-8-19(17-29(34)18-31)22(32)30-12-7-9-20(30)23(33)27-13-15-28(16-14-27)24-25-11-10-21(26-24)35-4-2/h10-11,18-20,34H,3-9,12-17H2,1-2H3/t19-,20+/m1/s1. The predicted molar refractivity (Wildman–Crippen MR) is 129 cm³/mol. The lowest BCUT2D eigenvalue weighted by molar-refractivity contribution is -0.158. The number of carbonyl (C=O) groups is 3. The summed E-state index contributed by atoms with van der Waals surface area (Å²) in [6, 6.07) is 1.22. The van der Waals surface area contributed by atoms with Crippen molar-refractivity contribution in [3.63, 3.8) is 0 Å². The first kappa shape index (κ1) is 26.7. The van der Waals surface area contributed by atoms with Crippen LogP contribution >= 0.6 is 0 Å². The Kier molecular flexibility index (Phi) is 10.1. The number of piperazine rings is 1. The smallest absolute Gasteiger partial charge is 0.245 e. The highest BCUT2D eigenvalue weighted by atomic mass is 16.5. The summed E-state index contributed by atoms with van der Waals surface area (Å²) < 4.78 is 5.46. The van der Waals surface area contributed by atoms with Gasteiger partial charge in [-0.25, -0.2) is 10.0 Å². The fourth-order valence-corrected chi connectivity index (χ4v) is 4.77. The summed E-state index contributed by atoms with van der Waals surface area (Å²) in [4.78, 5) is 52.0. The summed E-state index contributed by atoms with van der Waals surface area (Å²) in [5.41, 5.74) is 0. The number of amides is 3. The van der Waals surface area contributed by atoms with Gasteiger partial charge in [0, 0.05) is 45.0 Å². The van der Waals surface area contributed by atoms with Gasteiger partial charge in [-0.05, 0) is 26.2 Å². The number of unbranched alkanes of at least 4 members (excludes halogenated alkanes) is 2. The van der Waals surface area contributed by atoms with Crippen molar-refractivity contribution in [2.75, 3.05) is 50.8 Å². The van der Waals surface area contributed by atoms with Gasteiger partial charge < -0.3 is 19.4 Å². The molecule has 11 heteroatoms. The molecule has 2 aliphatic rings. The molecule has 1 N–H and O–H groups in total. The average Bonchev–Trinajstić information content (AvgIpc) is 3.38. The minimum atomic E-state index is -0.517. The second-order valence-corrected chi connectivity index (χ2v) is 9.05. The lowest BCUT2D eigenvalue weighted by atomic mass is 9.98. The summed E-state index contributed by atoms with van der Waals surface area (Å²) in [6.07, 6.45) is 6.77. The molecule has 2 atom stereocenters. The minimum Gasteiger partial charge on any atom is -0.478 e. The number of nitrogens with zero attached hydrogens (tertiary/aromatic N) is 6. The van der Waals surface area contributed by atoms with Gasteiger partial charge in [-0.15, -0.1) is 0 Å². The number of hydrogen-bond acceptors (Lipinski definition) is 8. The van der Waals surface area contributed by atoms with Gasteiger partial charge >= 0.3 is 0 Å². The van der Waals surface area contributed by atoms with Crippen LogP contribution in [0.15, 0.2) is 12.3 Å². The molecule has 0 aliphatic carbocycles. The molecule has 0 unspecified atom stereocenters. The highest BCUT2D eigenvalue weighted by molar-refractivity contribution is 5.89. The molecule has 3 rings (SSSR count). The van der Waals surface area contributed by atoms with Crippen LogP contribution < -0.4 is 9.64 Å². The molecule has 2 fully saturated rings. The SMILES string of the molecule is CCCCC[C@H](CN(O)C=O)C(=O)N1CCC[C@H]1C(=O)N1CCN(c2nccc(OCC)n2)CC1. The van der Waals surface area contributed by atoms with E-state index in [2.05, 4.69) is 16.9 Å². The van der Waals surface area contributed by atoms with Crippen molar-refractivity contribution in [3.8, 4) is 5.88 Å². The maximum absolute atomic E-state index is 13.4. The Labute approximate surface area is 207 Å². The predicted octanol–water partition coefficient (Wildman–Crippen LogP) is 1.56. The molecule has 0 spiro atoms. The van der Waals surface area contributed by atoms with E-state index in [1.807, 2.05) is 16.7 Å². The number of carbonyl (C=O) groups excluding carboxylic acids is 3. The molecule has 194 valence electrons. The minimum absolute atomic E-state index is 0.0389. The largest absolute Gasteiger partial charge is 0.478 e. The van der Waals surface area contributed by atoms with Gasteiger partial charge in [0.2, 0.25) is 30.1 Å². The van der Waals surface area contributed by atoms with Crippen molar-refractivity contribution in [2.24, 2.45) is 5.92 Å². The molecule has 1 aromatic rings. The van der Waals surface area contributed by atoms with Gasteiger partial charge in [0.05, 0.1) is 19.1 Å². The van der Waals surface area contributed by atoms with Crippen LogP contribution in [0, 0.1) is 5.92 Å². The molecule has 0 aromatic carbocycles. The van der Waals surface area contributed by atoms with E-state index in [4.69, 9.17) is 4.74 Å². The molecule has 2 saturated heterocycles. The lowest BCUT2D eigenvalue weighted by Gasteiger charge is -2.38. The molecule has 3 heterocycles. The van der Waals surface area contributed by atoms with Crippen LogP contribution in [-0.4, -0.2) is 100 Å². The third-order valence-electron chi connectivity index (χ3n) is 6.64. The second kappa shape index (κ2) is 13.2. The average molecular weight is 491 g/mol. The van der Waals surface area contributed by atoms with Crippen LogP contribution in [0.5, 0.6) is 5.88 Å². The molecule has 1 aromatic heterocycles. The number of hydrogen-bond donors (Lipinski definition) is 1. The van der Waals surface area contributed by atoms with E-state index < -0.39 is 12.0 Å². The highest BCUT2D eigenvalue weighted by Gasteiger charge is 2.39. The van der Waals surface area contributed by atoms with Crippen LogP contribution in [0.25, 0.3) is 0 Å². The zero-order valence-corrected chi connectivity index (χ0v) is 20.8. The Bertz CT molecular complexity index is 847. The Hall–Kier alpha value is -2.95. The topological polar surface area (TPSA) is 119 Å². The van der Waals surface area contributed by atoms with E-state index >= 15 is 0 Å². The quantitative estimate of drug-likeness (QED) is 0.203. The first-order chi connectivity index (χ1) is 17.0. The van der Waals surface area contributed by atoms with Crippen molar-refractivity contribution < 1.29 is 24.3 Å². The van der Waals surface area contributed by atoms with Crippen LogP contribution in [0.3, 0.4) is 0 Å². The van der Waals surface area contributed by atoms with Gasteiger partial charge in [-0.2, -0.15) is 4.98 Å². The zero-order chi connectivity index (χ0) is 25.2. The Morgan fingerprint density at radius 2 is 2.00 bits per heavy atom. The number of hydroxylamine groups is 2. The number of aromatic nitrogens is 2. The first-order valence-electron chi connectivity index (χ1n) is 12.7. The van der Waals surface area contributed by atoms with E-state index in [0.29, 0.717) is 75.5 Å². The maximum atomic E-state index is 13.4. The molecule has 0 bridgehead atoms. The summed E-state index contributed by atoms with van der Waals surface area (Å²) in [5, 5.41) is 10.2. The zero-order valence-electron chi connectivity index (χ0n) is 20.8. The number of likely N-dealkylation sites (tertiary alicyclic amines) is 1. The van der Waals surface area contributed by atoms with E-state index in [0.717, 1.165) is 25.7 Å². The van der Waals surface area contributed by atoms with Crippen molar-refractivity contribution >= 4 is 24.2 Å². The Balaban J connectivity index is 1.60. The first-order valence-corrected chi connectivity index (χ1v) is 12.7. The Morgan fingerprint density at radius 1 is 1.23 bits per heavy atom. The summed E-state index contributed by atoms with van der Waals surface area (Å²) in [6.45, 7) is 7.22. The summed E-state index contributed by atoms with van der Waals surface area (Å²) in [5.74, 6) is 0.400. The van der Waals surface area contributed by atoms with E-state index in [1.54, 1.807) is 17.2 Å². The lowest BCUT2D eigenvalue weighted by Crippen LogP contribution is -2.55. The number of rotatable bonds is 12. The summed E-state index contributed by atoms with van der Waals surface area (Å²) in [7, 11) is 0. The van der Waals surface area contributed by atoms with Crippen LogP contribution in [-0.2, 0) is 14.4 Å². The van der Waals surface area contributed by atoms with Crippen LogP contribution in [0.4, 0.5) is 5.95 Å². The van der Waals surface area contributed by atoms with Crippen LogP contribution in [0.1, 0.15) is 52.4 Å². The normalized spacial score (nSPS) is 18.9. The molecule has 2 aliphatic heterocycles. The van der Waals surface area contributed by atoms with Gasteiger partial charge in [0.15, 0.2) is 0 Å². The van der Waals surface area contributed by atoms with Gasteiger partial charge in [0.1, 0.15) is 6.04 Å². The van der Waals surface area contributed by atoms with Crippen molar-refractivity contribution in [3.05, 3.63) is 12.3 Å². The monoisotopic (exact) mass is 490 g/mol. The molecule has 0 saturated carbocycles. The molecule has 0 radical (unpaired) electrons. The third-order valence-corrected chi connectivity index (χ3v) is 6.64. The summed E-state index contributed by atoms with van der Waals surface area (Å²) >= 11 is 0. The van der Waals surface area contributed by atoms with E-state index in [9.17, 15) is 19.6 Å². The van der Waals surface area contributed by atoms with Crippen molar-refractivity contribution in [1.29, 1.82) is 0 Å². The fourth-order valence-electron chi connectivity index (χ4n) is 4.77. The van der Waals surface area contributed by atoms with Gasteiger partial charge in [0.25, 0.3) is 0 Å². The third kappa shape index (κ3) is 7.03. The molecular formula is C24H38N6O5. The number of anilines is 1. The molecule has 35 heavy (non-hydrogen) atoms. The number of ether oxygens (including phenoxy) is 1. The second-order valence-electron chi connectivity index (χ2n) is 9.05. The highest BCUT2D eigenvalue weighted by Crippen LogP contribution is 2.25. The van der Waals surface area contributed by atoms with E-state index in [-0.39, 0.29) is 18.4 Å². The van der Waals surface area contributed by atoms with Gasteiger partial charge in [-0.3, -0.25) is 19.6 Å². The molecule has 11 nitrogen and oxygen atoms in total. The van der Waals surface area contributed by atoms with Crippen molar-refractivity contribution in [1.82, 2.24) is 24.8 Å². The Morgan fingerprint density at radius 3 is 2.69 bits per heavy atom. The van der Waals surface area contributed by atoms with Gasteiger partial charge in [-0.1, -0.05) is 26.2 Å². The molecule has 3 amide bonds.